The maximum Gasteiger partial charge on any atom is 0.0356 e. The predicted molar refractivity (Wildman–Crippen MR) is 90.3 cm³/mol. The highest BCUT2D eigenvalue weighted by molar-refractivity contribution is 5.00. The minimum atomic E-state index is 0.395. The van der Waals surface area contributed by atoms with Gasteiger partial charge in [0.2, 0.25) is 0 Å². The second-order valence-electron chi connectivity index (χ2n) is 7.22. The molecule has 120 valence electrons. The summed E-state index contributed by atoms with van der Waals surface area (Å²) in [6.45, 7) is 4.71. The van der Waals surface area contributed by atoms with Crippen LogP contribution >= 0.6 is 0 Å². The van der Waals surface area contributed by atoms with Gasteiger partial charge in [0.05, 0.1) is 0 Å². The fraction of sp³-hybridized carbons (Fsp3) is 1.00. The largest absolute Gasteiger partial charge is 0.315 e. The fourth-order valence-electron chi connectivity index (χ4n) is 4.00. The van der Waals surface area contributed by atoms with E-state index in [9.17, 15) is 0 Å². The van der Waals surface area contributed by atoms with Crippen molar-refractivity contribution in [3.8, 4) is 0 Å². The molecule has 0 aromatic rings. The SMILES string of the molecule is CCCCCCCC(NC)C1(N(C)C)CCC(C)CC1. The summed E-state index contributed by atoms with van der Waals surface area (Å²) in [5.41, 5.74) is 0.395. The third-order valence-corrected chi connectivity index (χ3v) is 5.62. The van der Waals surface area contributed by atoms with Gasteiger partial charge in [0.25, 0.3) is 0 Å². The van der Waals surface area contributed by atoms with Gasteiger partial charge >= 0.3 is 0 Å². The standard InChI is InChI=1S/C18H38N2/c1-6-7-8-9-10-11-17(19-3)18(20(4)5)14-12-16(2)13-15-18/h16-17,19H,6-15H2,1-5H3. The van der Waals surface area contributed by atoms with Crippen molar-refractivity contribution in [1.82, 2.24) is 10.2 Å². The summed E-state index contributed by atoms with van der Waals surface area (Å²) in [5, 5.41) is 3.66. The molecule has 0 heterocycles. The smallest absolute Gasteiger partial charge is 0.0356 e. The molecule has 2 heteroatoms. The van der Waals surface area contributed by atoms with E-state index >= 15 is 0 Å². The molecule has 0 spiro atoms. The first-order valence-corrected chi connectivity index (χ1v) is 8.91. The first kappa shape index (κ1) is 18.0. The van der Waals surface area contributed by atoms with Crippen LogP contribution in [0.25, 0.3) is 0 Å². The number of rotatable bonds is 9. The summed E-state index contributed by atoms with van der Waals surface area (Å²) in [7, 11) is 6.74. The maximum absolute atomic E-state index is 3.66. The Bertz CT molecular complexity index is 242. The summed E-state index contributed by atoms with van der Waals surface area (Å²) in [6.07, 6.45) is 13.8. The van der Waals surface area contributed by atoms with Gasteiger partial charge in [0.15, 0.2) is 0 Å². The zero-order valence-corrected chi connectivity index (χ0v) is 14.7. The first-order chi connectivity index (χ1) is 9.56. The molecule has 1 saturated carbocycles. The Hall–Kier alpha value is -0.0800. The Balaban J connectivity index is 2.54. The molecule has 1 N–H and O–H groups in total. The second-order valence-corrected chi connectivity index (χ2v) is 7.22. The zero-order valence-electron chi connectivity index (χ0n) is 14.7. The molecule has 1 atom stereocenters. The third-order valence-electron chi connectivity index (χ3n) is 5.62. The molecule has 1 rings (SSSR count). The summed E-state index contributed by atoms with van der Waals surface area (Å²) >= 11 is 0. The number of hydrogen-bond acceptors (Lipinski definition) is 2. The van der Waals surface area contributed by atoms with E-state index in [4.69, 9.17) is 0 Å². The first-order valence-electron chi connectivity index (χ1n) is 8.91. The quantitative estimate of drug-likeness (QED) is 0.629. The average molecular weight is 283 g/mol. The van der Waals surface area contributed by atoms with Gasteiger partial charge in [-0.25, -0.2) is 0 Å². The number of unbranched alkanes of at least 4 members (excludes halogenated alkanes) is 4. The van der Waals surface area contributed by atoms with Gasteiger partial charge in [-0.05, 0) is 59.2 Å². The molecule has 1 aliphatic rings. The van der Waals surface area contributed by atoms with Gasteiger partial charge in [-0.2, -0.15) is 0 Å². The highest BCUT2D eigenvalue weighted by Crippen LogP contribution is 2.39. The number of nitrogens with one attached hydrogen (secondary N) is 1. The van der Waals surface area contributed by atoms with Crippen molar-refractivity contribution >= 4 is 0 Å². The van der Waals surface area contributed by atoms with E-state index in [1.54, 1.807) is 0 Å². The number of likely N-dealkylation sites (N-methyl/N-ethyl adjacent to an activating group) is 2. The van der Waals surface area contributed by atoms with Crippen molar-refractivity contribution in [2.75, 3.05) is 21.1 Å². The zero-order chi connectivity index (χ0) is 15.0. The lowest BCUT2D eigenvalue weighted by Gasteiger charge is -2.50. The summed E-state index contributed by atoms with van der Waals surface area (Å²) in [4.78, 5) is 2.52. The molecule has 1 aliphatic carbocycles. The normalized spacial score (nSPS) is 28.8. The third kappa shape index (κ3) is 4.73. The van der Waals surface area contributed by atoms with Gasteiger partial charge < -0.3 is 10.2 Å². The molecule has 0 saturated heterocycles. The van der Waals surface area contributed by atoms with Crippen molar-refractivity contribution in [3.05, 3.63) is 0 Å². The predicted octanol–water partition coefficient (Wildman–Crippen LogP) is 4.45. The van der Waals surface area contributed by atoms with E-state index < -0.39 is 0 Å². The highest BCUT2D eigenvalue weighted by atomic mass is 15.2. The molecule has 0 amide bonds. The average Bonchev–Trinajstić information content (AvgIpc) is 2.44. The Kier molecular flexibility index (Phi) is 8.13. The van der Waals surface area contributed by atoms with E-state index in [2.05, 4.69) is 45.2 Å². The van der Waals surface area contributed by atoms with E-state index in [0.717, 1.165) is 5.92 Å². The van der Waals surface area contributed by atoms with E-state index in [1.807, 2.05) is 0 Å². The van der Waals surface area contributed by atoms with Crippen LogP contribution in [0.5, 0.6) is 0 Å². The van der Waals surface area contributed by atoms with Crippen molar-refractivity contribution in [2.24, 2.45) is 5.92 Å². The van der Waals surface area contributed by atoms with E-state index in [0.29, 0.717) is 11.6 Å². The van der Waals surface area contributed by atoms with Gasteiger partial charge in [-0.3, -0.25) is 0 Å². The van der Waals surface area contributed by atoms with Gasteiger partial charge in [-0.15, -0.1) is 0 Å². The lowest BCUT2D eigenvalue weighted by Crippen LogP contribution is -2.59. The monoisotopic (exact) mass is 282 g/mol. The molecule has 0 radical (unpaired) electrons. The summed E-state index contributed by atoms with van der Waals surface area (Å²) in [5.74, 6) is 0.921. The fourth-order valence-corrected chi connectivity index (χ4v) is 4.00. The Morgan fingerprint density at radius 3 is 2.20 bits per heavy atom. The Morgan fingerprint density at radius 2 is 1.70 bits per heavy atom. The van der Waals surface area contributed by atoms with Gasteiger partial charge in [0.1, 0.15) is 0 Å². The van der Waals surface area contributed by atoms with Crippen LogP contribution in [0.1, 0.15) is 78.1 Å². The molecule has 1 fully saturated rings. The van der Waals surface area contributed by atoms with Crippen LogP contribution in [-0.2, 0) is 0 Å². The Morgan fingerprint density at radius 1 is 1.10 bits per heavy atom. The molecule has 0 bridgehead atoms. The highest BCUT2D eigenvalue weighted by Gasteiger charge is 2.41. The van der Waals surface area contributed by atoms with Crippen molar-refractivity contribution in [2.45, 2.75) is 89.6 Å². The maximum atomic E-state index is 3.66. The molecular formula is C18H38N2. The van der Waals surface area contributed by atoms with Crippen LogP contribution in [0.4, 0.5) is 0 Å². The molecule has 2 nitrogen and oxygen atoms in total. The molecule has 0 aromatic heterocycles. The van der Waals surface area contributed by atoms with Crippen molar-refractivity contribution in [1.29, 1.82) is 0 Å². The molecular weight excluding hydrogens is 244 g/mol. The lowest BCUT2D eigenvalue weighted by molar-refractivity contribution is 0.0421. The minimum Gasteiger partial charge on any atom is -0.315 e. The summed E-state index contributed by atoms with van der Waals surface area (Å²) in [6, 6.07) is 0.659. The van der Waals surface area contributed by atoms with Gasteiger partial charge in [-0.1, -0.05) is 46.0 Å². The second kappa shape index (κ2) is 9.04. The van der Waals surface area contributed by atoms with E-state index in [-0.39, 0.29) is 0 Å². The Labute approximate surface area is 127 Å². The molecule has 0 aromatic carbocycles. The topological polar surface area (TPSA) is 15.3 Å². The number of hydrogen-bond donors (Lipinski definition) is 1. The molecule has 20 heavy (non-hydrogen) atoms. The van der Waals surface area contributed by atoms with Crippen LogP contribution in [0.15, 0.2) is 0 Å². The summed E-state index contributed by atoms with van der Waals surface area (Å²) < 4.78 is 0. The van der Waals surface area contributed by atoms with Crippen LogP contribution in [0, 0.1) is 5.92 Å². The van der Waals surface area contributed by atoms with Crippen molar-refractivity contribution in [3.63, 3.8) is 0 Å². The number of nitrogens with zero attached hydrogens (tertiary/aromatic N) is 1. The van der Waals surface area contributed by atoms with Gasteiger partial charge in [0, 0.05) is 11.6 Å². The minimum absolute atomic E-state index is 0.395. The van der Waals surface area contributed by atoms with Crippen LogP contribution in [0.2, 0.25) is 0 Å². The van der Waals surface area contributed by atoms with Crippen molar-refractivity contribution < 1.29 is 0 Å². The molecule has 0 aliphatic heterocycles. The lowest BCUT2D eigenvalue weighted by atomic mass is 9.71. The molecule has 1 unspecified atom stereocenters. The van der Waals surface area contributed by atoms with E-state index in [1.165, 1.54) is 64.2 Å². The van der Waals surface area contributed by atoms with Crippen LogP contribution in [-0.4, -0.2) is 37.6 Å². The van der Waals surface area contributed by atoms with Crippen LogP contribution < -0.4 is 5.32 Å². The van der Waals surface area contributed by atoms with Crippen LogP contribution in [0.3, 0.4) is 0 Å².